The van der Waals surface area contributed by atoms with Crippen molar-refractivity contribution < 1.29 is 22.6 Å². The van der Waals surface area contributed by atoms with E-state index in [2.05, 4.69) is 6.92 Å². The van der Waals surface area contributed by atoms with Crippen molar-refractivity contribution in [2.45, 2.75) is 77.4 Å². The quantitative estimate of drug-likeness (QED) is 0.226. The Balaban J connectivity index is 2.67. The largest absolute Gasteiger partial charge is 0.353 e. The maximum Gasteiger partial charge on any atom is 0.194 e. The van der Waals surface area contributed by atoms with Gasteiger partial charge >= 0.3 is 0 Å². The minimum atomic E-state index is -1.42. The van der Waals surface area contributed by atoms with Gasteiger partial charge in [-0.05, 0) is 43.9 Å². The van der Waals surface area contributed by atoms with Crippen LogP contribution in [0.25, 0.3) is 0 Å². The van der Waals surface area contributed by atoms with E-state index in [1.165, 1.54) is 25.7 Å². The molecule has 1 aromatic rings. The number of hydrogen-bond donors (Lipinski definition) is 0. The molecule has 1 unspecified atom stereocenters. The van der Waals surface area contributed by atoms with Crippen molar-refractivity contribution in [3.63, 3.8) is 0 Å². The molecular formula is C21H33F3O2. The molecule has 0 spiro atoms. The Morgan fingerprint density at radius 3 is 1.96 bits per heavy atom. The van der Waals surface area contributed by atoms with Crippen molar-refractivity contribution in [3.8, 4) is 0 Å². The Labute approximate surface area is 156 Å². The molecule has 0 bridgehead atoms. The summed E-state index contributed by atoms with van der Waals surface area (Å²) in [6.45, 7) is 4.08. The third kappa shape index (κ3) is 6.92. The molecule has 1 aromatic carbocycles. The average Bonchev–Trinajstić information content (AvgIpc) is 2.64. The Morgan fingerprint density at radius 2 is 1.42 bits per heavy atom. The minimum absolute atomic E-state index is 0.0832. The Morgan fingerprint density at radius 1 is 0.885 bits per heavy atom. The van der Waals surface area contributed by atoms with Gasteiger partial charge in [-0.3, -0.25) is 0 Å². The van der Waals surface area contributed by atoms with Crippen molar-refractivity contribution in [1.29, 1.82) is 0 Å². The van der Waals surface area contributed by atoms with Crippen LogP contribution in [-0.2, 0) is 15.9 Å². The van der Waals surface area contributed by atoms with Crippen LogP contribution in [0.15, 0.2) is 12.1 Å². The lowest BCUT2D eigenvalue weighted by molar-refractivity contribution is -0.229. The number of unbranched alkanes of at least 4 members (excludes halogenated alkanes) is 5. The first-order valence-electron chi connectivity index (χ1n) is 9.61. The molecule has 5 heteroatoms. The van der Waals surface area contributed by atoms with Gasteiger partial charge < -0.3 is 9.47 Å². The lowest BCUT2D eigenvalue weighted by Crippen LogP contribution is -2.39. The highest BCUT2D eigenvalue weighted by molar-refractivity contribution is 5.19. The zero-order valence-electron chi connectivity index (χ0n) is 16.5. The fraction of sp³-hybridized carbons (Fsp3) is 0.714. The molecule has 1 rings (SSSR count). The number of ether oxygens (including phenoxy) is 2. The van der Waals surface area contributed by atoms with Crippen molar-refractivity contribution >= 4 is 0 Å². The van der Waals surface area contributed by atoms with Crippen LogP contribution in [0.1, 0.15) is 70.8 Å². The summed E-state index contributed by atoms with van der Waals surface area (Å²) in [6.07, 6.45) is 9.16. The van der Waals surface area contributed by atoms with Crippen LogP contribution in [0.3, 0.4) is 0 Å². The monoisotopic (exact) mass is 374 g/mol. The van der Waals surface area contributed by atoms with E-state index in [1.54, 1.807) is 14.2 Å². The van der Waals surface area contributed by atoms with E-state index in [-0.39, 0.29) is 5.92 Å². The summed E-state index contributed by atoms with van der Waals surface area (Å²) in [7, 11) is 3.21. The number of aryl methyl sites for hydroxylation is 1. The van der Waals surface area contributed by atoms with Crippen molar-refractivity contribution in [2.24, 2.45) is 5.92 Å². The predicted molar refractivity (Wildman–Crippen MR) is 98.5 cm³/mol. The molecule has 1 atom stereocenters. The topological polar surface area (TPSA) is 18.5 Å². The number of rotatable bonds is 13. The standard InChI is InChI=1S/C21H33F3O2/c1-5-6-7-8-9-10-11-17(21(2,25-3)26-4)13-12-16-14-18(22)20(24)19(23)15-16/h14-15,17H,5-13H2,1-4H3. The van der Waals surface area contributed by atoms with E-state index in [9.17, 15) is 13.2 Å². The van der Waals surface area contributed by atoms with Gasteiger partial charge in [0.05, 0.1) is 0 Å². The minimum Gasteiger partial charge on any atom is -0.353 e. The number of benzene rings is 1. The molecule has 0 radical (unpaired) electrons. The second-order valence-electron chi connectivity index (χ2n) is 7.09. The fourth-order valence-electron chi connectivity index (χ4n) is 3.35. The highest BCUT2D eigenvalue weighted by Crippen LogP contribution is 2.31. The van der Waals surface area contributed by atoms with E-state index in [0.717, 1.165) is 31.4 Å². The smallest absolute Gasteiger partial charge is 0.194 e. The molecule has 150 valence electrons. The molecule has 26 heavy (non-hydrogen) atoms. The second-order valence-corrected chi connectivity index (χ2v) is 7.09. The van der Waals surface area contributed by atoms with Gasteiger partial charge in [0.15, 0.2) is 23.2 Å². The molecule has 0 N–H and O–H groups in total. The van der Waals surface area contributed by atoms with E-state index in [4.69, 9.17) is 9.47 Å². The van der Waals surface area contributed by atoms with Gasteiger partial charge in [0.2, 0.25) is 0 Å². The van der Waals surface area contributed by atoms with Gasteiger partial charge in [0, 0.05) is 20.1 Å². The third-order valence-electron chi connectivity index (χ3n) is 5.28. The lowest BCUT2D eigenvalue weighted by Gasteiger charge is -2.35. The van der Waals surface area contributed by atoms with Gasteiger partial charge in [-0.25, -0.2) is 13.2 Å². The number of methoxy groups -OCH3 is 2. The molecule has 0 heterocycles. The van der Waals surface area contributed by atoms with E-state index in [1.807, 2.05) is 6.92 Å². The van der Waals surface area contributed by atoms with Gasteiger partial charge in [-0.1, -0.05) is 45.4 Å². The summed E-state index contributed by atoms with van der Waals surface area (Å²) >= 11 is 0. The van der Waals surface area contributed by atoms with Gasteiger partial charge in [0.1, 0.15) is 0 Å². The Hall–Kier alpha value is -1.07. The molecule has 0 aromatic heterocycles. The molecule has 0 aliphatic carbocycles. The highest BCUT2D eigenvalue weighted by atomic mass is 19.2. The first-order valence-corrected chi connectivity index (χ1v) is 9.61. The normalized spacial score (nSPS) is 13.2. The summed E-state index contributed by atoms with van der Waals surface area (Å²) in [6, 6.07) is 2.13. The average molecular weight is 374 g/mol. The van der Waals surface area contributed by atoms with Crippen LogP contribution in [-0.4, -0.2) is 20.0 Å². The van der Waals surface area contributed by atoms with Crippen LogP contribution in [0.2, 0.25) is 0 Å². The summed E-state index contributed by atoms with van der Waals surface area (Å²) in [5, 5.41) is 0. The van der Waals surface area contributed by atoms with E-state index in [0.29, 0.717) is 18.4 Å². The maximum atomic E-state index is 13.4. The third-order valence-corrected chi connectivity index (χ3v) is 5.28. The Bertz CT molecular complexity index is 507. The van der Waals surface area contributed by atoms with E-state index < -0.39 is 23.2 Å². The van der Waals surface area contributed by atoms with Crippen LogP contribution >= 0.6 is 0 Å². The van der Waals surface area contributed by atoms with Crippen molar-refractivity contribution in [2.75, 3.05) is 14.2 Å². The summed E-state index contributed by atoms with van der Waals surface area (Å²) in [4.78, 5) is 0. The first kappa shape index (κ1) is 23.0. The van der Waals surface area contributed by atoms with E-state index >= 15 is 0 Å². The predicted octanol–water partition coefficient (Wildman–Crippen LogP) is 6.41. The zero-order valence-corrected chi connectivity index (χ0v) is 16.5. The second kappa shape index (κ2) is 11.6. The number of halogens is 3. The molecular weight excluding hydrogens is 341 g/mol. The van der Waals surface area contributed by atoms with Crippen LogP contribution in [0.4, 0.5) is 13.2 Å². The molecule has 0 aliphatic rings. The molecule has 0 aliphatic heterocycles. The van der Waals surface area contributed by atoms with Gasteiger partial charge in [0.25, 0.3) is 0 Å². The summed E-state index contributed by atoms with van der Waals surface area (Å²) in [5.74, 6) is -4.38. The fourth-order valence-corrected chi connectivity index (χ4v) is 3.35. The first-order chi connectivity index (χ1) is 12.4. The molecule has 0 fully saturated rings. The maximum absolute atomic E-state index is 13.4. The van der Waals surface area contributed by atoms with Crippen LogP contribution in [0, 0.1) is 23.4 Å². The van der Waals surface area contributed by atoms with Crippen LogP contribution < -0.4 is 0 Å². The molecule has 2 nitrogen and oxygen atoms in total. The van der Waals surface area contributed by atoms with Crippen molar-refractivity contribution in [1.82, 2.24) is 0 Å². The lowest BCUT2D eigenvalue weighted by atomic mass is 9.87. The molecule has 0 amide bonds. The molecule has 0 saturated heterocycles. The zero-order chi connectivity index (χ0) is 19.6. The number of hydrogen-bond acceptors (Lipinski definition) is 2. The van der Waals surface area contributed by atoms with Crippen LogP contribution in [0.5, 0.6) is 0 Å². The van der Waals surface area contributed by atoms with Gasteiger partial charge in [-0.15, -0.1) is 0 Å². The summed E-state index contributed by atoms with van der Waals surface area (Å²) < 4.78 is 51.1. The summed E-state index contributed by atoms with van der Waals surface area (Å²) in [5.41, 5.74) is 0.448. The van der Waals surface area contributed by atoms with Crippen molar-refractivity contribution in [3.05, 3.63) is 35.1 Å². The highest BCUT2D eigenvalue weighted by Gasteiger charge is 2.33. The molecule has 0 saturated carbocycles. The SMILES string of the molecule is CCCCCCCCC(CCc1cc(F)c(F)c(F)c1)C(C)(OC)OC. The van der Waals surface area contributed by atoms with Gasteiger partial charge in [-0.2, -0.15) is 0 Å². The Kier molecular flexibility index (Phi) is 10.3.